The van der Waals surface area contributed by atoms with Gasteiger partial charge < -0.3 is 4.90 Å². The van der Waals surface area contributed by atoms with Gasteiger partial charge in [0.15, 0.2) is 0 Å². The lowest BCUT2D eigenvalue weighted by atomic mass is 9.95. The normalized spacial score (nSPS) is 21.3. The number of hydrogen-bond acceptors (Lipinski definition) is 2. The standard InChI is InChI=1S/C16H33NS/c1-2-16-11-10-13-17(15-16)12-8-6-4-3-5-7-9-14-18/h16,18H,2-15H2,1H3. The van der Waals surface area contributed by atoms with Crippen LogP contribution in [0.4, 0.5) is 0 Å². The lowest BCUT2D eigenvalue weighted by Gasteiger charge is -2.32. The summed E-state index contributed by atoms with van der Waals surface area (Å²) in [6, 6.07) is 0. The van der Waals surface area contributed by atoms with E-state index in [0.29, 0.717) is 0 Å². The molecule has 0 amide bonds. The highest BCUT2D eigenvalue weighted by molar-refractivity contribution is 7.80. The Hall–Kier alpha value is 0.310. The minimum Gasteiger partial charge on any atom is -0.303 e. The summed E-state index contributed by atoms with van der Waals surface area (Å²) in [5, 5.41) is 0. The fourth-order valence-electron chi connectivity index (χ4n) is 3.02. The van der Waals surface area contributed by atoms with Crippen molar-refractivity contribution in [2.45, 2.75) is 71.1 Å². The second kappa shape index (κ2) is 11.2. The van der Waals surface area contributed by atoms with Gasteiger partial charge in [-0.3, -0.25) is 0 Å². The minimum atomic E-state index is 0.986. The summed E-state index contributed by atoms with van der Waals surface area (Å²) in [4.78, 5) is 2.71. The highest BCUT2D eigenvalue weighted by atomic mass is 32.1. The van der Waals surface area contributed by atoms with E-state index in [1.54, 1.807) is 0 Å². The number of nitrogens with zero attached hydrogens (tertiary/aromatic N) is 1. The van der Waals surface area contributed by atoms with Gasteiger partial charge >= 0.3 is 0 Å². The molecular weight excluding hydrogens is 238 g/mol. The molecule has 0 aromatic rings. The fourth-order valence-corrected chi connectivity index (χ4v) is 3.24. The highest BCUT2D eigenvalue weighted by Crippen LogP contribution is 2.19. The average Bonchev–Trinajstić information content (AvgIpc) is 2.42. The first-order valence-electron chi connectivity index (χ1n) is 8.20. The second-order valence-electron chi connectivity index (χ2n) is 5.92. The van der Waals surface area contributed by atoms with Gasteiger partial charge in [0.1, 0.15) is 0 Å². The van der Waals surface area contributed by atoms with E-state index >= 15 is 0 Å². The van der Waals surface area contributed by atoms with E-state index in [9.17, 15) is 0 Å². The molecule has 0 spiro atoms. The molecule has 1 atom stereocenters. The van der Waals surface area contributed by atoms with E-state index in [0.717, 1.165) is 11.7 Å². The first-order chi connectivity index (χ1) is 8.86. The van der Waals surface area contributed by atoms with E-state index in [1.807, 2.05) is 0 Å². The quantitative estimate of drug-likeness (QED) is 0.442. The Kier molecular flexibility index (Phi) is 10.1. The van der Waals surface area contributed by atoms with Crippen LogP contribution in [0.2, 0.25) is 0 Å². The number of hydrogen-bond donors (Lipinski definition) is 1. The molecular formula is C16H33NS. The Labute approximate surface area is 120 Å². The molecule has 0 saturated carbocycles. The predicted octanol–water partition coefficient (Wildman–Crippen LogP) is 4.77. The zero-order valence-electron chi connectivity index (χ0n) is 12.4. The Morgan fingerprint density at radius 2 is 1.67 bits per heavy atom. The molecule has 108 valence electrons. The van der Waals surface area contributed by atoms with E-state index in [4.69, 9.17) is 0 Å². The second-order valence-corrected chi connectivity index (χ2v) is 6.36. The van der Waals surface area contributed by atoms with Crippen LogP contribution in [0.15, 0.2) is 0 Å². The van der Waals surface area contributed by atoms with Gasteiger partial charge in [0, 0.05) is 6.54 Å². The maximum absolute atomic E-state index is 4.25. The Balaban J connectivity index is 1.88. The maximum atomic E-state index is 4.25. The molecule has 1 saturated heterocycles. The van der Waals surface area contributed by atoms with Gasteiger partial charge in [-0.25, -0.2) is 0 Å². The predicted molar refractivity (Wildman–Crippen MR) is 85.6 cm³/mol. The molecule has 0 N–H and O–H groups in total. The number of rotatable bonds is 10. The van der Waals surface area contributed by atoms with Crippen LogP contribution in [0.1, 0.15) is 71.1 Å². The van der Waals surface area contributed by atoms with Crippen molar-refractivity contribution < 1.29 is 0 Å². The molecule has 0 radical (unpaired) electrons. The molecule has 2 heteroatoms. The van der Waals surface area contributed by atoms with Crippen LogP contribution in [0.3, 0.4) is 0 Å². The van der Waals surface area contributed by atoms with Crippen molar-refractivity contribution in [1.29, 1.82) is 0 Å². The smallest absolute Gasteiger partial charge is 0.000956 e. The molecule has 0 aromatic carbocycles. The summed E-state index contributed by atoms with van der Waals surface area (Å²) < 4.78 is 0. The average molecular weight is 272 g/mol. The first-order valence-corrected chi connectivity index (χ1v) is 8.83. The number of thiol groups is 1. The van der Waals surface area contributed by atoms with Crippen LogP contribution in [0, 0.1) is 5.92 Å². The van der Waals surface area contributed by atoms with Crippen molar-refractivity contribution in [3.8, 4) is 0 Å². The Bertz CT molecular complexity index is 184. The Morgan fingerprint density at radius 3 is 2.33 bits per heavy atom. The largest absolute Gasteiger partial charge is 0.303 e. The summed E-state index contributed by atoms with van der Waals surface area (Å²) in [6.07, 6.45) is 14.1. The van der Waals surface area contributed by atoms with Crippen molar-refractivity contribution in [3.63, 3.8) is 0 Å². The number of likely N-dealkylation sites (tertiary alicyclic amines) is 1. The highest BCUT2D eigenvalue weighted by Gasteiger charge is 2.17. The molecule has 0 bridgehead atoms. The fraction of sp³-hybridized carbons (Fsp3) is 1.00. The molecule has 1 nitrogen and oxygen atoms in total. The van der Waals surface area contributed by atoms with Crippen LogP contribution < -0.4 is 0 Å². The van der Waals surface area contributed by atoms with Gasteiger partial charge in [-0.15, -0.1) is 0 Å². The monoisotopic (exact) mass is 271 g/mol. The molecule has 0 aromatic heterocycles. The van der Waals surface area contributed by atoms with Gasteiger partial charge in [-0.05, 0) is 50.4 Å². The SMILES string of the molecule is CCC1CCCN(CCCCCCCCCS)C1. The molecule has 0 aliphatic carbocycles. The lowest BCUT2D eigenvalue weighted by Crippen LogP contribution is -2.35. The van der Waals surface area contributed by atoms with Gasteiger partial charge in [-0.1, -0.05) is 45.4 Å². The van der Waals surface area contributed by atoms with Gasteiger partial charge in [0.2, 0.25) is 0 Å². The zero-order valence-corrected chi connectivity index (χ0v) is 13.3. The van der Waals surface area contributed by atoms with E-state index in [-0.39, 0.29) is 0 Å². The van der Waals surface area contributed by atoms with Crippen LogP contribution in [-0.4, -0.2) is 30.3 Å². The third-order valence-corrected chi connectivity index (χ3v) is 4.63. The van der Waals surface area contributed by atoms with Crippen molar-refractivity contribution in [2.75, 3.05) is 25.4 Å². The molecule has 1 fully saturated rings. The maximum Gasteiger partial charge on any atom is 0.000956 e. The molecule has 1 aliphatic rings. The van der Waals surface area contributed by atoms with Crippen LogP contribution in [-0.2, 0) is 0 Å². The summed E-state index contributed by atoms with van der Waals surface area (Å²) in [7, 11) is 0. The summed E-state index contributed by atoms with van der Waals surface area (Å²) in [5.74, 6) is 2.05. The van der Waals surface area contributed by atoms with Crippen molar-refractivity contribution in [1.82, 2.24) is 4.90 Å². The molecule has 1 heterocycles. The topological polar surface area (TPSA) is 3.24 Å². The Morgan fingerprint density at radius 1 is 1.00 bits per heavy atom. The minimum absolute atomic E-state index is 0.986. The van der Waals surface area contributed by atoms with E-state index in [2.05, 4.69) is 24.5 Å². The van der Waals surface area contributed by atoms with E-state index in [1.165, 1.54) is 83.8 Å². The molecule has 1 aliphatic heterocycles. The van der Waals surface area contributed by atoms with Crippen molar-refractivity contribution in [3.05, 3.63) is 0 Å². The van der Waals surface area contributed by atoms with Crippen LogP contribution in [0.25, 0.3) is 0 Å². The molecule has 18 heavy (non-hydrogen) atoms. The summed E-state index contributed by atoms with van der Waals surface area (Å²) >= 11 is 4.25. The third kappa shape index (κ3) is 7.68. The van der Waals surface area contributed by atoms with E-state index < -0.39 is 0 Å². The van der Waals surface area contributed by atoms with Crippen LogP contribution >= 0.6 is 12.6 Å². The van der Waals surface area contributed by atoms with Gasteiger partial charge in [0.25, 0.3) is 0 Å². The van der Waals surface area contributed by atoms with Crippen molar-refractivity contribution in [2.24, 2.45) is 5.92 Å². The van der Waals surface area contributed by atoms with Crippen LogP contribution in [0.5, 0.6) is 0 Å². The summed E-state index contributed by atoms with van der Waals surface area (Å²) in [5.41, 5.74) is 0. The lowest BCUT2D eigenvalue weighted by molar-refractivity contribution is 0.169. The van der Waals surface area contributed by atoms with Gasteiger partial charge in [0.05, 0.1) is 0 Å². The van der Waals surface area contributed by atoms with Gasteiger partial charge in [-0.2, -0.15) is 12.6 Å². The molecule has 1 unspecified atom stereocenters. The zero-order chi connectivity index (χ0) is 13.1. The first kappa shape index (κ1) is 16.4. The summed E-state index contributed by atoms with van der Waals surface area (Å²) in [6.45, 7) is 6.43. The molecule has 1 rings (SSSR count). The third-order valence-electron chi connectivity index (χ3n) is 4.31. The number of piperidine rings is 1. The van der Waals surface area contributed by atoms with Crippen molar-refractivity contribution >= 4 is 12.6 Å². The number of unbranched alkanes of at least 4 members (excludes halogenated alkanes) is 6.